The van der Waals surface area contributed by atoms with Crippen molar-refractivity contribution < 1.29 is 24.7 Å². The van der Waals surface area contributed by atoms with Gasteiger partial charge in [-0.05, 0) is 11.5 Å². The SMILES string of the molecule is O=C(O)C[C@@H]1COc2cc(B(O)O)ccc21. The van der Waals surface area contributed by atoms with Crippen LogP contribution in [0.5, 0.6) is 5.75 Å². The Morgan fingerprint density at radius 1 is 1.50 bits per heavy atom. The molecule has 0 amide bonds. The summed E-state index contributed by atoms with van der Waals surface area (Å²) in [5, 5.41) is 26.7. The lowest BCUT2D eigenvalue weighted by Gasteiger charge is -2.05. The first-order valence-corrected chi connectivity index (χ1v) is 4.92. The standard InChI is InChI=1S/C10H11BO5/c12-10(13)3-6-5-16-9-4-7(11(14)15)1-2-8(6)9/h1-2,4,6,14-15H,3,5H2,(H,12,13)/t6-/m1/s1. The second kappa shape index (κ2) is 4.15. The molecule has 0 saturated heterocycles. The Morgan fingerprint density at radius 2 is 2.25 bits per heavy atom. The van der Waals surface area contributed by atoms with Crippen LogP contribution in [0.2, 0.25) is 0 Å². The second-order valence-electron chi connectivity index (χ2n) is 3.78. The summed E-state index contributed by atoms with van der Waals surface area (Å²) >= 11 is 0. The molecule has 0 aliphatic carbocycles. The third kappa shape index (κ3) is 2.03. The maximum absolute atomic E-state index is 10.6. The van der Waals surface area contributed by atoms with Crippen molar-refractivity contribution in [2.45, 2.75) is 12.3 Å². The fraction of sp³-hybridized carbons (Fsp3) is 0.300. The Kier molecular flexibility index (Phi) is 2.85. The summed E-state index contributed by atoms with van der Waals surface area (Å²) in [5.74, 6) is -0.484. The van der Waals surface area contributed by atoms with Crippen LogP contribution in [0, 0.1) is 0 Å². The Labute approximate surface area is 92.4 Å². The molecule has 1 aromatic rings. The minimum absolute atomic E-state index is 0.0219. The predicted octanol–water partition coefficient (Wildman–Crippen LogP) is -0.683. The first-order chi connectivity index (χ1) is 7.58. The lowest BCUT2D eigenvalue weighted by atomic mass is 9.79. The van der Waals surface area contributed by atoms with E-state index < -0.39 is 13.1 Å². The second-order valence-corrected chi connectivity index (χ2v) is 3.78. The van der Waals surface area contributed by atoms with Crippen molar-refractivity contribution in [1.29, 1.82) is 0 Å². The van der Waals surface area contributed by atoms with Crippen LogP contribution in [-0.2, 0) is 4.79 Å². The average Bonchev–Trinajstić information content (AvgIpc) is 2.60. The van der Waals surface area contributed by atoms with Gasteiger partial charge in [0.05, 0.1) is 13.0 Å². The lowest BCUT2D eigenvalue weighted by molar-refractivity contribution is -0.137. The molecule has 2 rings (SSSR count). The number of ether oxygens (including phenoxy) is 1. The normalized spacial score (nSPS) is 17.8. The van der Waals surface area contributed by atoms with E-state index in [1.54, 1.807) is 12.1 Å². The number of hydrogen-bond donors (Lipinski definition) is 3. The Balaban J connectivity index is 2.25. The molecule has 0 unspecified atom stereocenters. The van der Waals surface area contributed by atoms with Crippen molar-refractivity contribution >= 4 is 18.6 Å². The third-order valence-corrected chi connectivity index (χ3v) is 2.64. The smallest absolute Gasteiger partial charge is 0.488 e. The van der Waals surface area contributed by atoms with Crippen LogP contribution in [0.15, 0.2) is 18.2 Å². The largest absolute Gasteiger partial charge is 0.493 e. The first-order valence-electron chi connectivity index (χ1n) is 4.92. The van der Waals surface area contributed by atoms with Crippen molar-refractivity contribution in [2.75, 3.05) is 6.61 Å². The molecule has 84 valence electrons. The highest BCUT2D eigenvalue weighted by Gasteiger charge is 2.27. The van der Waals surface area contributed by atoms with Crippen LogP contribution in [-0.4, -0.2) is 34.8 Å². The zero-order valence-corrected chi connectivity index (χ0v) is 8.46. The summed E-state index contributed by atoms with van der Waals surface area (Å²) < 4.78 is 5.32. The van der Waals surface area contributed by atoms with Gasteiger partial charge in [0.25, 0.3) is 0 Å². The minimum Gasteiger partial charge on any atom is -0.493 e. The summed E-state index contributed by atoms with van der Waals surface area (Å²) in [6.45, 7) is 0.326. The van der Waals surface area contributed by atoms with Crippen LogP contribution in [0.25, 0.3) is 0 Å². The number of aliphatic carboxylic acids is 1. The molecule has 5 nitrogen and oxygen atoms in total. The molecule has 0 saturated carbocycles. The molecule has 0 aromatic heterocycles. The van der Waals surface area contributed by atoms with Crippen LogP contribution in [0.4, 0.5) is 0 Å². The van der Waals surface area contributed by atoms with E-state index in [4.69, 9.17) is 19.9 Å². The topological polar surface area (TPSA) is 87.0 Å². The molecular weight excluding hydrogens is 211 g/mol. The summed E-state index contributed by atoms with van der Waals surface area (Å²) in [4.78, 5) is 10.6. The maximum atomic E-state index is 10.6. The number of fused-ring (bicyclic) bond motifs is 1. The maximum Gasteiger partial charge on any atom is 0.488 e. The summed E-state index contributed by atoms with van der Waals surface area (Å²) in [5.41, 5.74) is 1.15. The van der Waals surface area contributed by atoms with Gasteiger partial charge in [0.15, 0.2) is 0 Å². The van der Waals surface area contributed by atoms with Crippen molar-refractivity contribution in [3.63, 3.8) is 0 Å². The van der Waals surface area contributed by atoms with Gasteiger partial charge in [-0.1, -0.05) is 12.1 Å². The van der Waals surface area contributed by atoms with Crippen molar-refractivity contribution in [2.24, 2.45) is 0 Å². The van der Waals surface area contributed by atoms with Crippen LogP contribution >= 0.6 is 0 Å². The molecule has 0 radical (unpaired) electrons. The monoisotopic (exact) mass is 222 g/mol. The summed E-state index contributed by atoms with van der Waals surface area (Å²) in [6.07, 6.45) is 0.0219. The Hall–Kier alpha value is -1.53. The van der Waals surface area contributed by atoms with Gasteiger partial charge in [-0.2, -0.15) is 0 Å². The van der Waals surface area contributed by atoms with E-state index in [0.717, 1.165) is 5.56 Å². The molecule has 1 atom stereocenters. The van der Waals surface area contributed by atoms with E-state index in [1.165, 1.54) is 6.07 Å². The number of carboxylic acid groups (broad SMARTS) is 1. The molecule has 0 bridgehead atoms. The van der Waals surface area contributed by atoms with Crippen molar-refractivity contribution in [3.8, 4) is 5.75 Å². The Morgan fingerprint density at radius 3 is 2.88 bits per heavy atom. The van der Waals surface area contributed by atoms with Gasteiger partial charge >= 0.3 is 13.1 Å². The molecule has 3 N–H and O–H groups in total. The van der Waals surface area contributed by atoms with Gasteiger partial charge < -0.3 is 19.9 Å². The van der Waals surface area contributed by atoms with Crippen molar-refractivity contribution in [3.05, 3.63) is 23.8 Å². The Bertz CT molecular complexity index is 418. The van der Waals surface area contributed by atoms with Gasteiger partial charge in [-0.15, -0.1) is 0 Å². The number of rotatable bonds is 3. The van der Waals surface area contributed by atoms with E-state index in [-0.39, 0.29) is 12.3 Å². The molecule has 1 aliphatic heterocycles. The fourth-order valence-corrected chi connectivity index (χ4v) is 1.83. The van der Waals surface area contributed by atoms with Crippen molar-refractivity contribution in [1.82, 2.24) is 0 Å². The molecule has 0 spiro atoms. The average molecular weight is 222 g/mol. The zero-order chi connectivity index (χ0) is 11.7. The number of hydrogen-bond acceptors (Lipinski definition) is 4. The van der Waals surface area contributed by atoms with E-state index in [1.807, 2.05) is 0 Å². The van der Waals surface area contributed by atoms with Gasteiger partial charge in [0.2, 0.25) is 0 Å². The number of carbonyl (C=O) groups is 1. The predicted molar refractivity (Wildman–Crippen MR) is 56.8 cm³/mol. The highest BCUT2D eigenvalue weighted by Crippen LogP contribution is 2.34. The van der Waals surface area contributed by atoms with Gasteiger partial charge in [-0.3, -0.25) is 4.79 Å². The zero-order valence-electron chi connectivity index (χ0n) is 8.46. The fourth-order valence-electron chi connectivity index (χ4n) is 1.83. The third-order valence-electron chi connectivity index (χ3n) is 2.64. The van der Waals surface area contributed by atoms with Gasteiger partial charge in [-0.25, -0.2) is 0 Å². The lowest BCUT2D eigenvalue weighted by Crippen LogP contribution is -2.29. The highest BCUT2D eigenvalue weighted by atomic mass is 16.5. The molecule has 6 heteroatoms. The van der Waals surface area contributed by atoms with E-state index in [2.05, 4.69) is 0 Å². The van der Waals surface area contributed by atoms with Crippen LogP contribution < -0.4 is 10.2 Å². The minimum atomic E-state index is -1.53. The van der Waals surface area contributed by atoms with Crippen LogP contribution in [0.1, 0.15) is 17.9 Å². The molecule has 1 aliphatic rings. The highest BCUT2D eigenvalue weighted by molar-refractivity contribution is 6.58. The summed E-state index contributed by atoms with van der Waals surface area (Å²) in [7, 11) is -1.53. The molecule has 0 fully saturated rings. The van der Waals surface area contributed by atoms with Crippen LogP contribution in [0.3, 0.4) is 0 Å². The molecular formula is C10H11BO5. The van der Waals surface area contributed by atoms with E-state index >= 15 is 0 Å². The molecule has 1 heterocycles. The van der Waals surface area contributed by atoms with E-state index in [0.29, 0.717) is 17.8 Å². The van der Waals surface area contributed by atoms with Gasteiger partial charge in [0, 0.05) is 11.5 Å². The number of carboxylic acids is 1. The van der Waals surface area contributed by atoms with Gasteiger partial charge in [0.1, 0.15) is 5.75 Å². The molecule has 16 heavy (non-hydrogen) atoms. The van der Waals surface area contributed by atoms with E-state index in [9.17, 15) is 4.79 Å². The molecule has 1 aromatic carbocycles. The summed E-state index contributed by atoms with van der Waals surface area (Å²) in [6, 6.07) is 4.78. The number of benzene rings is 1. The quantitative estimate of drug-likeness (QED) is 0.589. The first kappa shape index (κ1) is 11.0.